The molecule has 0 nitrogen and oxygen atoms in total. The highest BCUT2D eigenvalue weighted by molar-refractivity contribution is 5.08. The maximum absolute atomic E-state index is 13.0. The Morgan fingerprint density at radius 1 is 1.22 bits per heavy atom. The molecule has 0 saturated heterocycles. The number of rotatable bonds is 1. The summed E-state index contributed by atoms with van der Waals surface area (Å²) in [6, 6.07) is 0. The first kappa shape index (κ1) is 8.49. The van der Waals surface area contributed by atoms with Crippen LogP contribution < -0.4 is 0 Å². The molecule has 0 radical (unpaired) electrons. The molecule has 0 aromatic carbocycles. The molecule has 1 heteroatoms. The first-order chi connectivity index (χ1) is 3.81. The first-order valence-corrected chi connectivity index (χ1v) is 2.98. The van der Waals surface area contributed by atoms with Gasteiger partial charge in [-0.2, -0.15) is 0 Å². The van der Waals surface area contributed by atoms with Crippen molar-refractivity contribution in [3.05, 3.63) is 0 Å². The maximum Gasteiger partial charge on any atom is 0.121 e. The summed E-state index contributed by atoms with van der Waals surface area (Å²) in [4.78, 5) is 0. The van der Waals surface area contributed by atoms with Gasteiger partial charge in [0.2, 0.25) is 0 Å². The minimum absolute atomic E-state index is 0.660. The van der Waals surface area contributed by atoms with E-state index in [0.717, 1.165) is 0 Å². The molecule has 0 bridgehead atoms. The Kier molecular flexibility index (Phi) is 1.91. The molecule has 0 spiro atoms. The van der Waals surface area contributed by atoms with E-state index in [2.05, 4.69) is 5.92 Å². The van der Waals surface area contributed by atoms with Crippen molar-refractivity contribution in [3.63, 3.8) is 0 Å². The fourth-order valence-corrected chi connectivity index (χ4v) is 0.172. The highest BCUT2D eigenvalue weighted by Gasteiger charge is 2.34. The summed E-state index contributed by atoms with van der Waals surface area (Å²) < 4.78 is 13.0. The molecule has 0 rings (SSSR count). The lowest BCUT2D eigenvalue weighted by Crippen LogP contribution is -2.32. The Bertz CT molecular complexity index is 132. The number of hydrogen-bond donors (Lipinski definition) is 0. The van der Waals surface area contributed by atoms with E-state index in [0.29, 0.717) is 0 Å². The fourth-order valence-electron chi connectivity index (χ4n) is 0.172. The van der Waals surface area contributed by atoms with Crippen molar-refractivity contribution in [2.24, 2.45) is 5.41 Å². The van der Waals surface area contributed by atoms with Crippen molar-refractivity contribution in [3.8, 4) is 12.3 Å². The standard InChI is InChI=1S/C8H13F/c1-6-7(2,3)8(4,5)9/h1H,2-5H3. The van der Waals surface area contributed by atoms with Gasteiger partial charge in [-0.25, -0.2) is 4.39 Å². The highest BCUT2D eigenvalue weighted by Crippen LogP contribution is 2.32. The molecule has 0 fully saturated rings. The molecule has 9 heavy (non-hydrogen) atoms. The number of halogens is 1. The van der Waals surface area contributed by atoms with Gasteiger partial charge in [0.05, 0.1) is 5.41 Å². The molecule has 0 aliphatic carbocycles. The molecule has 0 atom stereocenters. The van der Waals surface area contributed by atoms with Crippen molar-refractivity contribution in [1.29, 1.82) is 0 Å². The summed E-state index contributed by atoms with van der Waals surface area (Å²) >= 11 is 0. The minimum Gasteiger partial charge on any atom is -0.243 e. The van der Waals surface area contributed by atoms with Gasteiger partial charge < -0.3 is 0 Å². The molecule has 0 amide bonds. The van der Waals surface area contributed by atoms with Gasteiger partial charge in [-0.1, -0.05) is 5.92 Å². The molecular formula is C8H13F. The van der Waals surface area contributed by atoms with Crippen LogP contribution in [-0.2, 0) is 0 Å². The number of terminal acetylenes is 1. The van der Waals surface area contributed by atoms with E-state index in [1.165, 1.54) is 13.8 Å². The summed E-state index contributed by atoms with van der Waals surface area (Å²) in [5, 5.41) is 0. The molecule has 0 aliphatic rings. The van der Waals surface area contributed by atoms with Gasteiger partial charge in [0, 0.05) is 0 Å². The Morgan fingerprint density at radius 3 is 1.56 bits per heavy atom. The van der Waals surface area contributed by atoms with Crippen LogP contribution in [-0.4, -0.2) is 5.67 Å². The van der Waals surface area contributed by atoms with E-state index >= 15 is 0 Å². The van der Waals surface area contributed by atoms with Gasteiger partial charge in [0.1, 0.15) is 5.67 Å². The van der Waals surface area contributed by atoms with Crippen LogP contribution in [0.4, 0.5) is 4.39 Å². The molecule has 0 unspecified atom stereocenters. The van der Waals surface area contributed by atoms with E-state index in [-0.39, 0.29) is 0 Å². The Balaban J connectivity index is 4.39. The highest BCUT2D eigenvalue weighted by atomic mass is 19.1. The van der Waals surface area contributed by atoms with Crippen LogP contribution in [0.1, 0.15) is 27.7 Å². The van der Waals surface area contributed by atoms with Crippen molar-refractivity contribution in [2.45, 2.75) is 33.4 Å². The van der Waals surface area contributed by atoms with Crippen molar-refractivity contribution >= 4 is 0 Å². The largest absolute Gasteiger partial charge is 0.243 e. The van der Waals surface area contributed by atoms with Crippen molar-refractivity contribution in [2.75, 3.05) is 0 Å². The Hall–Kier alpha value is -0.510. The summed E-state index contributed by atoms with van der Waals surface area (Å²) in [5.74, 6) is 2.41. The quantitative estimate of drug-likeness (QED) is 0.476. The van der Waals surface area contributed by atoms with Crippen LogP contribution in [0.5, 0.6) is 0 Å². The molecule has 52 valence electrons. The predicted molar refractivity (Wildman–Crippen MR) is 37.8 cm³/mol. The van der Waals surface area contributed by atoms with Crippen LogP contribution >= 0.6 is 0 Å². The average Bonchev–Trinajstić information content (AvgIpc) is 1.64. The Labute approximate surface area is 56.5 Å². The van der Waals surface area contributed by atoms with E-state index in [4.69, 9.17) is 6.42 Å². The van der Waals surface area contributed by atoms with Gasteiger partial charge in [-0.15, -0.1) is 6.42 Å². The molecule has 0 aromatic heterocycles. The zero-order chi connectivity index (χ0) is 7.71. The molecule has 0 aliphatic heterocycles. The lowest BCUT2D eigenvalue weighted by molar-refractivity contribution is 0.0994. The second-order valence-electron chi connectivity index (χ2n) is 3.24. The van der Waals surface area contributed by atoms with Gasteiger partial charge in [0.15, 0.2) is 0 Å². The number of hydrogen-bond acceptors (Lipinski definition) is 0. The summed E-state index contributed by atoms with van der Waals surface area (Å²) in [5.41, 5.74) is -1.95. The van der Waals surface area contributed by atoms with Crippen LogP contribution in [0.3, 0.4) is 0 Å². The summed E-state index contributed by atoms with van der Waals surface area (Å²) in [6.45, 7) is 6.42. The van der Waals surface area contributed by atoms with Crippen LogP contribution in [0.25, 0.3) is 0 Å². The minimum atomic E-state index is -1.29. The zero-order valence-corrected chi connectivity index (χ0v) is 6.46. The first-order valence-electron chi connectivity index (χ1n) is 2.98. The van der Waals surface area contributed by atoms with Gasteiger partial charge in [-0.3, -0.25) is 0 Å². The van der Waals surface area contributed by atoms with Crippen molar-refractivity contribution < 1.29 is 4.39 Å². The lowest BCUT2D eigenvalue weighted by Gasteiger charge is -2.29. The molecule has 0 heterocycles. The van der Waals surface area contributed by atoms with E-state index in [9.17, 15) is 4.39 Å². The topological polar surface area (TPSA) is 0 Å². The third kappa shape index (κ3) is 1.71. The summed E-state index contributed by atoms with van der Waals surface area (Å²) in [7, 11) is 0. The van der Waals surface area contributed by atoms with Crippen molar-refractivity contribution in [1.82, 2.24) is 0 Å². The molecule has 0 aromatic rings. The third-order valence-corrected chi connectivity index (χ3v) is 1.85. The van der Waals surface area contributed by atoms with E-state index < -0.39 is 11.1 Å². The van der Waals surface area contributed by atoms with E-state index in [1.807, 2.05) is 0 Å². The zero-order valence-electron chi connectivity index (χ0n) is 6.46. The van der Waals surface area contributed by atoms with Crippen LogP contribution in [0.2, 0.25) is 0 Å². The number of alkyl halides is 1. The third-order valence-electron chi connectivity index (χ3n) is 1.85. The van der Waals surface area contributed by atoms with E-state index in [1.54, 1.807) is 13.8 Å². The second-order valence-corrected chi connectivity index (χ2v) is 3.24. The van der Waals surface area contributed by atoms with Crippen LogP contribution in [0.15, 0.2) is 0 Å². The monoisotopic (exact) mass is 128 g/mol. The van der Waals surface area contributed by atoms with Gasteiger partial charge >= 0.3 is 0 Å². The fraction of sp³-hybridized carbons (Fsp3) is 0.750. The lowest BCUT2D eigenvalue weighted by atomic mass is 9.80. The smallest absolute Gasteiger partial charge is 0.121 e. The summed E-state index contributed by atoms with van der Waals surface area (Å²) in [6.07, 6.45) is 5.10. The SMILES string of the molecule is C#CC(C)(C)C(C)(C)F. The maximum atomic E-state index is 13.0. The molecule has 0 saturated carbocycles. The van der Waals surface area contributed by atoms with Gasteiger partial charge in [0.25, 0.3) is 0 Å². The van der Waals surface area contributed by atoms with Crippen LogP contribution in [0, 0.1) is 17.8 Å². The second kappa shape index (κ2) is 2.02. The molecular weight excluding hydrogens is 115 g/mol. The normalized spacial score (nSPS) is 12.9. The predicted octanol–water partition coefficient (Wildman–Crippen LogP) is 2.39. The molecule has 0 N–H and O–H groups in total. The average molecular weight is 128 g/mol. The Morgan fingerprint density at radius 2 is 1.56 bits per heavy atom. The van der Waals surface area contributed by atoms with Gasteiger partial charge in [-0.05, 0) is 27.7 Å².